The van der Waals surface area contributed by atoms with E-state index in [1.807, 2.05) is 0 Å². The fourth-order valence-corrected chi connectivity index (χ4v) is 2.05. The standard InChI is InChI=1S/C5H10Si/c1-2-4-6-5-3-1/h1-5H2. The Bertz CT molecular complexity index is 19.4. The summed E-state index contributed by atoms with van der Waals surface area (Å²) in [6.45, 7) is 0. The third kappa shape index (κ3) is 1.13. The summed E-state index contributed by atoms with van der Waals surface area (Å²) in [7, 11) is 1.30. The normalized spacial score (nSPS) is 24.0. The maximum absolute atomic E-state index is 1.53. The van der Waals surface area contributed by atoms with Gasteiger partial charge in [0.25, 0.3) is 0 Å². The van der Waals surface area contributed by atoms with E-state index in [-0.39, 0.29) is 0 Å². The average molecular weight is 98.2 g/mol. The summed E-state index contributed by atoms with van der Waals surface area (Å²) in [5.41, 5.74) is 0. The first-order valence-electron chi connectivity index (χ1n) is 2.71. The zero-order chi connectivity index (χ0) is 4.24. The summed E-state index contributed by atoms with van der Waals surface area (Å²) < 4.78 is 0. The van der Waals surface area contributed by atoms with Crippen molar-refractivity contribution < 1.29 is 0 Å². The van der Waals surface area contributed by atoms with Gasteiger partial charge in [0.2, 0.25) is 0 Å². The highest BCUT2D eigenvalue weighted by Crippen LogP contribution is 2.10. The van der Waals surface area contributed by atoms with Crippen LogP contribution in [-0.4, -0.2) is 9.52 Å². The second-order valence-corrected chi connectivity index (χ2v) is 3.31. The van der Waals surface area contributed by atoms with E-state index >= 15 is 0 Å². The third-order valence-corrected chi connectivity index (χ3v) is 2.62. The van der Waals surface area contributed by atoms with Crippen molar-refractivity contribution in [1.82, 2.24) is 0 Å². The highest BCUT2D eigenvalue weighted by atomic mass is 28.2. The maximum Gasteiger partial charge on any atom is 0.0378 e. The van der Waals surface area contributed by atoms with Crippen molar-refractivity contribution >= 4 is 9.52 Å². The molecule has 34 valence electrons. The van der Waals surface area contributed by atoms with E-state index in [0.717, 1.165) is 0 Å². The van der Waals surface area contributed by atoms with E-state index in [2.05, 4.69) is 0 Å². The number of rotatable bonds is 0. The predicted molar refractivity (Wildman–Crippen MR) is 29.2 cm³/mol. The molecule has 0 spiro atoms. The van der Waals surface area contributed by atoms with Crippen LogP contribution in [0.3, 0.4) is 0 Å². The number of hydrogen-bond donors (Lipinski definition) is 0. The van der Waals surface area contributed by atoms with E-state index in [4.69, 9.17) is 0 Å². The quantitative estimate of drug-likeness (QED) is 0.405. The molecule has 1 fully saturated rings. The minimum Gasteiger partial charge on any atom is -0.0612 e. The molecule has 6 heavy (non-hydrogen) atoms. The molecule has 0 aromatic heterocycles. The average Bonchev–Trinajstić information content (AvgIpc) is 1.72. The molecule has 0 aromatic carbocycles. The molecule has 0 saturated carbocycles. The molecule has 0 nitrogen and oxygen atoms in total. The minimum absolute atomic E-state index is 1.30. The lowest BCUT2D eigenvalue weighted by atomic mass is 10.3. The van der Waals surface area contributed by atoms with Gasteiger partial charge in [0.05, 0.1) is 0 Å². The second-order valence-electron chi connectivity index (χ2n) is 1.81. The summed E-state index contributed by atoms with van der Waals surface area (Å²) in [6.07, 6.45) is 4.53. The van der Waals surface area contributed by atoms with E-state index < -0.39 is 0 Å². The SMILES string of the molecule is C1CC[Si]CC1. The van der Waals surface area contributed by atoms with Crippen LogP contribution in [0.25, 0.3) is 0 Å². The van der Waals surface area contributed by atoms with Crippen LogP contribution in [0.5, 0.6) is 0 Å². The molecular weight excluding hydrogens is 88.1 g/mol. The molecule has 1 rings (SSSR count). The minimum atomic E-state index is 1.30. The van der Waals surface area contributed by atoms with Gasteiger partial charge in [0.1, 0.15) is 0 Å². The Labute approximate surface area is 41.8 Å². The van der Waals surface area contributed by atoms with Crippen LogP contribution in [0.15, 0.2) is 0 Å². The van der Waals surface area contributed by atoms with Crippen molar-refractivity contribution in [2.75, 3.05) is 0 Å². The lowest BCUT2D eigenvalue weighted by Gasteiger charge is -2.04. The molecule has 2 radical (unpaired) electrons. The van der Waals surface area contributed by atoms with E-state index in [0.29, 0.717) is 0 Å². The van der Waals surface area contributed by atoms with Gasteiger partial charge in [-0.2, -0.15) is 0 Å². The van der Waals surface area contributed by atoms with Crippen LogP contribution < -0.4 is 0 Å². The summed E-state index contributed by atoms with van der Waals surface area (Å²) in [5.74, 6) is 0. The van der Waals surface area contributed by atoms with Gasteiger partial charge in [-0.1, -0.05) is 31.4 Å². The highest BCUT2D eigenvalue weighted by molar-refractivity contribution is 6.35. The topological polar surface area (TPSA) is 0 Å². The monoisotopic (exact) mass is 98.1 g/mol. The van der Waals surface area contributed by atoms with E-state index in [9.17, 15) is 0 Å². The zero-order valence-corrected chi connectivity index (χ0v) is 5.04. The van der Waals surface area contributed by atoms with Gasteiger partial charge >= 0.3 is 0 Å². The largest absolute Gasteiger partial charge is 0.0612 e. The molecule has 1 heteroatoms. The molecule has 0 atom stereocenters. The van der Waals surface area contributed by atoms with Gasteiger partial charge in [0, 0.05) is 9.52 Å². The van der Waals surface area contributed by atoms with Crippen LogP contribution in [0, 0.1) is 0 Å². The van der Waals surface area contributed by atoms with Crippen LogP contribution in [-0.2, 0) is 0 Å². The van der Waals surface area contributed by atoms with E-state index in [1.54, 1.807) is 0 Å². The summed E-state index contributed by atoms with van der Waals surface area (Å²) >= 11 is 0. The summed E-state index contributed by atoms with van der Waals surface area (Å²) in [4.78, 5) is 0. The van der Waals surface area contributed by atoms with Crippen LogP contribution >= 0.6 is 0 Å². The second kappa shape index (κ2) is 2.40. The molecule has 0 amide bonds. The first kappa shape index (κ1) is 4.38. The Morgan fingerprint density at radius 2 is 1.50 bits per heavy atom. The lowest BCUT2D eigenvalue weighted by Crippen LogP contribution is -1.94. The van der Waals surface area contributed by atoms with Crippen molar-refractivity contribution in [2.24, 2.45) is 0 Å². The molecule has 1 aliphatic heterocycles. The van der Waals surface area contributed by atoms with Crippen molar-refractivity contribution in [3.8, 4) is 0 Å². The molecule has 0 aromatic rings. The van der Waals surface area contributed by atoms with Crippen LogP contribution in [0.2, 0.25) is 12.1 Å². The molecule has 0 aliphatic carbocycles. The molecular formula is C5H10Si. The smallest absolute Gasteiger partial charge is 0.0378 e. The van der Waals surface area contributed by atoms with Crippen molar-refractivity contribution in [2.45, 2.75) is 31.4 Å². The number of hydrogen-bond acceptors (Lipinski definition) is 0. The molecule has 1 heterocycles. The summed E-state index contributed by atoms with van der Waals surface area (Å²) in [6, 6.07) is 3.06. The Morgan fingerprint density at radius 3 is 1.67 bits per heavy atom. The predicted octanol–water partition coefficient (Wildman–Crippen LogP) is 1.71. The van der Waals surface area contributed by atoms with Gasteiger partial charge in [-0.25, -0.2) is 0 Å². The molecule has 0 unspecified atom stereocenters. The Balaban J connectivity index is 2.00. The van der Waals surface area contributed by atoms with Gasteiger partial charge in [-0.15, -0.1) is 0 Å². The van der Waals surface area contributed by atoms with Crippen molar-refractivity contribution in [3.63, 3.8) is 0 Å². The van der Waals surface area contributed by atoms with Gasteiger partial charge in [-0.3, -0.25) is 0 Å². The Kier molecular flexibility index (Phi) is 1.75. The fraction of sp³-hybridized carbons (Fsp3) is 1.00. The molecule has 1 aliphatic rings. The maximum atomic E-state index is 1.53. The van der Waals surface area contributed by atoms with Crippen molar-refractivity contribution in [1.29, 1.82) is 0 Å². The highest BCUT2D eigenvalue weighted by Gasteiger charge is 1.96. The third-order valence-electron chi connectivity index (χ3n) is 1.21. The van der Waals surface area contributed by atoms with E-state index in [1.165, 1.54) is 40.9 Å². The molecule has 0 bridgehead atoms. The Morgan fingerprint density at radius 1 is 0.833 bits per heavy atom. The van der Waals surface area contributed by atoms with Crippen molar-refractivity contribution in [3.05, 3.63) is 0 Å². The van der Waals surface area contributed by atoms with Crippen LogP contribution in [0.4, 0.5) is 0 Å². The summed E-state index contributed by atoms with van der Waals surface area (Å²) in [5, 5.41) is 0. The van der Waals surface area contributed by atoms with Gasteiger partial charge in [-0.05, 0) is 0 Å². The van der Waals surface area contributed by atoms with Crippen LogP contribution in [0.1, 0.15) is 19.3 Å². The fourth-order valence-electron chi connectivity index (χ4n) is 0.802. The molecule has 0 N–H and O–H groups in total. The zero-order valence-electron chi connectivity index (χ0n) is 4.04. The lowest BCUT2D eigenvalue weighted by molar-refractivity contribution is 0.734. The first-order valence-corrected chi connectivity index (χ1v) is 4.12. The molecule has 1 saturated heterocycles. The Hall–Kier alpha value is 0.217. The van der Waals surface area contributed by atoms with Gasteiger partial charge in [0.15, 0.2) is 0 Å². The first-order chi connectivity index (χ1) is 3.00. The van der Waals surface area contributed by atoms with Gasteiger partial charge < -0.3 is 0 Å².